The van der Waals surface area contributed by atoms with E-state index in [0.29, 0.717) is 43.7 Å². The molecule has 0 aliphatic carbocycles. The Balaban J connectivity index is 1.55. The molecule has 30 heavy (non-hydrogen) atoms. The van der Waals surface area contributed by atoms with Crippen molar-refractivity contribution in [1.29, 1.82) is 0 Å². The number of anilines is 1. The summed E-state index contributed by atoms with van der Waals surface area (Å²) in [7, 11) is 1.59. The molecule has 9 heteroatoms. The number of ether oxygens (including phenoxy) is 1. The van der Waals surface area contributed by atoms with Crippen molar-refractivity contribution >= 4 is 75.1 Å². The predicted octanol–water partition coefficient (Wildman–Crippen LogP) is 5.62. The average Bonchev–Trinajstić information content (AvgIpc) is 2.94. The maximum atomic E-state index is 12.7. The van der Waals surface area contributed by atoms with Crippen LogP contribution >= 0.6 is 47.2 Å². The molecule has 0 unspecified atom stereocenters. The van der Waals surface area contributed by atoms with Crippen molar-refractivity contribution in [3.8, 4) is 5.75 Å². The van der Waals surface area contributed by atoms with Gasteiger partial charge in [0, 0.05) is 28.7 Å². The summed E-state index contributed by atoms with van der Waals surface area (Å²) in [6.45, 7) is 0.365. The maximum Gasteiger partial charge on any atom is 0.266 e. The molecule has 3 rings (SSSR count). The lowest BCUT2D eigenvalue weighted by Gasteiger charge is -2.14. The zero-order valence-corrected chi connectivity index (χ0v) is 19.1. The van der Waals surface area contributed by atoms with Crippen LogP contribution in [0.3, 0.4) is 0 Å². The summed E-state index contributed by atoms with van der Waals surface area (Å²) in [5.74, 6) is 0.367. The second-order valence-corrected chi connectivity index (χ2v) is 8.97. The van der Waals surface area contributed by atoms with Gasteiger partial charge < -0.3 is 10.1 Å². The Kier molecular flexibility index (Phi) is 7.77. The van der Waals surface area contributed by atoms with Crippen LogP contribution in [0.4, 0.5) is 5.69 Å². The van der Waals surface area contributed by atoms with Crippen molar-refractivity contribution in [3.63, 3.8) is 0 Å². The molecule has 0 radical (unpaired) electrons. The SMILES string of the molecule is COc1cccc(C=C2SC(=S)N(CCCC(=O)Nc3cc(Cl)cc(Cl)c3)C2=O)c1. The fraction of sp³-hybridized carbons (Fsp3) is 0.190. The molecule has 1 aliphatic rings. The highest BCUT2D eigenvalue weighted by molar-refractivity contribution is 8.26. The van der Waals surface area contributed by atoms with Gasteiger partial charge in [-0.3, -0.25) is 14.5 Å². The van der Waals surface area contributed by atoms with Gasteiger partial charge in [-0.25, -0.2) is 0 Å². The number of nitrogens with one attached hydrogen (secondary N) is 1. The van der Waals surface area contributed by atoms with E-state index in [2.05, 4.69) is 5.32 Å². The van der Waals surface area contributed by atoms with Crippen LogP contribution < -0.4 is 10.1 Å². The molecule has 156 valence electrons. The first kappa shape index (κ1) is 22.6. The number of carbonyl (C=O) groups excluding carboxylic acids is 2. The number of benzene rings is 2. The topological polar surface area (TPSA) is 58.6 Å². The molecule has 2 aromatic carbocycles. The van der Waals surface area contributed by atoms with E-state index in [-0.39, 0.29) is 18.2 Å². The lowest BCUT2D eigenvalue weighted by molar-refractivity contribution is -0.122. The van der Waals surface area contributed by atoms with Crippen LogP contribution in [0.1, 0.15) is 18.4 Å². The molecule has 0 saturated carbocycles. The normalized spacial score (nSPS) is 15.0. The number of hydrogen-bond donors (Lipinski definition) is 1. The molecule has 1 aliphatic heterocycles. The van der Waals surface area contributed by atoms with E-state index < -0.39 is 0 Å². The summed E-state index contributed by atoms with van der Waals surface area (Å²) in [4.78, 5) is 27.0. The van der Waals surface area contributed by atoms with Gasteiger partial charge in [0.1, 0.15) is 10.1 Å². The number of amides is 2. The molecule has 0 bridgehead atoms. The van der Waals surface area contributed by atoms with E-state index in [4.69, 9.17) is 40.2 Å². The average molecular weight is 481 g/mol. The first-order valence-electron chi connectivity index (χ1n) is 9.01. The molecule has 2 amide bonds. The number of methoxy groups -OCH3 is 1. The Morgan fingerprint density at radius 1 is 1.23 bits per heavy atom. The molecular formula is C21H18Cl2N2O3S2. The third-order valence-corrected chi connectivity index (χ3v) is 6.01. The second-order valence-electron chi connectivity index (χ2n) is 6.42. The summed E-state index contributed by atoms with van der Waals surface area (Å²) in [6.07, 6.45) is 2.49. The highest BCUT2D eigenvalue weighted by atomic mass is 35.5. The van der Waals surface area contributed by atoms with Crippen molar-refractivity contribution in [2.45, 2.75) is 12.8 Å². The van der Waals surface area contributed by atoms with E-state index >= 15 is 0 Å². The molecule has 2 aromatic rings. The van der Waals surface area contributed by atoms with Crippen molar-refractivity contribution < 1.29 is 14.3 Å². The van der Waals surface area contributed by atoms with Gasteiger partial charge in [-0.15, -0.1) is 0 Å². The van der Waals surface area contributed by atoms with Crippen molar-refractivity contribution in [2.75, 3.05) is 19.0 Å². The number of halogens is 2. The minimum Gasteiger partial charge on any atom is -0.497 e. The summed E-state index contributed by atoms with van der Waals surface area (Å²) in [5, 5.41) is 3.64. The molecule has 1 saturated heterocycles. The Bertz CT molecular complexity index is 1010. The largest absolute Gasteiger partial charge is 0.497 e. The third kappa shape index (κ3) is 5.98. The minimum absolute atomic E-state index is 0.158. The van der Waals surface area contributed by atoms with Crippen LogP contribution in [0.2, 0.25) is 10.0 Å². The van der Waals surface area contributed by atoms with Crippen LogP contribution in [0.5, 0.6) is 5.75 Å². The minimum atomic E-state index is -0.189. The van der Waals surface area contributed by atoms with Crippen LogP contribution in [-0.2, 0) is 9.59 Å². The molecule has 1 heterocycles. The molecule has 1 fully saturated rings. The van der Waals surface area contributed by atoms with Crippen LogP contribution in [0, 0.1) is 0 Å². The molecule has 5 nitrogen and oxygen atoms in total. The predicted molar refractivity (Wildman–Crippen MR) is 127 cm³/mol. The first-order chi connectivity index (χ1) is 14.4. The van der Waals surface area contributed by atoms with E-state index in [0.717, 1.165) is 5.56 Å². The summed E-state index contributed by atoms with van der Waals surface area (Å²) in [6, 6.07) is 12.3. The van der Waals surface area contributed by atoms with Crippen molar-refractivity contribution in [2.24, 2.45) is 0 Å². The third-order valence-electron chi connectivity index (χ3n) is 4.20. The van der Waals surface area contributed by atoms with Gasteiger partial charge in [0.15, 0.2) is 0 Å². The summed E-state index contributed by atoms with van der Waals surface area (Å²) < 4.78 is 5.69. The van der Waals surface area contributed by atoms with Gasteiger partial charge in [-0.05, 0) is 48.4 Å². The van der Waals surface area contributed by atoms with Crippen LogP contribution in [-0.4, -0.2) is 34.7 Å². The Morgan fingerprint density at radius 2 is 1.97 bits per heavy atom. The Labute approximate surface area is 194 Å². The number of carbonyl (C=O) groups is 2. The van der Waals surface area contributed by atoms with Crippen molar-refractivity contribution in [1.82, 2.24) is 4.90 Å². The van der Waals surface area contributed by atoms with Gasteiger partial charge in [0.05, 0.1) is 12.0 Å². The van der Waals surface area contributed by atoms with E-state index in [1.54, 1.807) is 31.4 Å². The lowest BCUT2D eigenvalue weighted by Crippen LogP contribution is -2.29. The molecule has 0 aromatic heterocycles. The van der Waals surface area contributed by atoms with Crippen LogP contribution in [0.15, 0.2) is 47.4 Å². The fourth-order valence-electron chi connectivity index (χ4n) is 2.82. The quantitative estimate of drug-likeness (QED) is 0.411. The molecule has 0 spiro atoms. The maximum absolute atomic E-state index is 12.7. The lowest BCUT2D eigenvalue weighted by atomic mass is 10.2. The highest BCUT2D eigenvalue weighted by Gasteiger charge is 2.31. The highest BCUT2D eigenvalue weighted by Crippen LogP contribution is 2.33. The fourth-order valence-corrected chi connectivity index (χ4v) is 4.66. The van der Waals surface area contributed by atoms with E-state index in [1.807, 2.05) is 24.3 Å². The number of nitrogens with zero attached hydrogens (tertiary/aromatic N) is 1. The van der Waals surface area contributed by atoms with Crippen LogP contribution in [0.25, 0.3) is 6.08 Å². The standard InChI is InChI=1S/C21H18Cl2N2O3S2/c1-28-17-5-2-4-13(8-17)9-18-20(27)25(21(29)30-18)7-3-6-19(26)24-16-11-14(22)10-15(23)12-16/h2,4-5,8-12H,3,6-7H2,1H3,(H,24,26). The zero-order chi connectivity index (χ0) is 21.7. The van der Waals surface area contributed by atoms with Gasteiger partial charge in [0.2, 0.25) is 5.91 Å². The van der Waals surface area contributed by atoms with E-state index in [1.165, 1.54) is 16.7 Å². The smallest absolute Gasteiger partial charge is 0.266 e. The molecule has 1 N–H and O–H groups in total. The van der Waals surface area contributed by atoms with Crippen molar-refractivity contribution in [3.05, 3.63) is 63.0 Å². The van der Waals surface area contributed by atoms with Gasteiger partial charge in [0.25, 0.3) is 5.91 Å². The monoisotopic (exact) mass is 480 g/mol. The summed E-state index contributed by atoms with van der Waals surface area (Å²) >= 11 is 18.5. The zero-order valence-electron chi connectivity index (χ0n) is 16.0. The van der Waals surface area contributed by atoms with Gasteiger partial charge in [-0.1, -0.05) is 59.3 Å². The number of hydrogen-bond acceptors (Lipinski definition) is 5. The number of rotatable bonds is 7. The molecular weight excluding hydrogens is 463 g/mol. The summed E-state index contributed by atoms with van der Waals surface area (Å²) in [5.41, 5.74) is 1.39. The Morgan fingerprint density at radius 3 is 2.67 bits per heavy atom. The van der Waals surface area contributed by atoms with Gasteiger partial charge in [-0.2, -0.15) is 0 Å². The number of thiocarbonyl (C=S) groups is 1. The Hall–Kier alpha value is -2.06. The molecule has 0 atom stereocenters. The van der Waals surface area contributed by atoms with Gasteiger partial charge >= 0.3 is 0 Å². The van der Waals surface area contributed by atoms with E-state index in [9.17, 15) is 9.59 Å². The number of thioether (sulfide) groups is 1. The first-order valence-corrected chi connectivity index (χ1v) is 11.0. The second kappa shape index (κ2) is 10.3.